The lowest BCUT2D eigenvalue weighted by atomic mass is 10.1. The van der Waals surface area contributed by atoms with Gasteiger partial charge in [-0.05, 0) is 37.4 Å². The van der Waals surface area contributed by atoms with E-state index in [0.29, 0.717) is 24.2 Å². The Morgan fingerprint density at radius 3 is 2.90 bits per heavy atom. The fourth-order valence-corrected chi connectivity index (χ4v) is 2.33. The highest BCUT2D eigenvalue weighted by atomic mass is 16.5. The summed E-state index contributed by atoms with van der Waals surface area (Å²) in [6, 6.07) is 9.81. The zero-order chi connectivity index (χ0) is 13.6. The normalized spacial score (nSPS) is 18.5. The summed E-state index contributed by atoms with van der Waals surface area (Å²) in [4.78, 5) is 0. The Hall–Kier alpha value is -1.72. The standard InChI is InChI=1S/C15H19N3O2/c1-2-4-13(5-3-1)15-18-17-14(20-15)10-16-8-6-12-7-9-19-11-12/h1-5,12,16H,6-11H2. The molecule has 1 aromatic heterocycles. The van der Waals surface area contributed by atoms with E-state index in [-0.39, 0.29) is 0 Å². The largest absolute Gasteiger partial charge is 0.419 e. The lowest BCUT2D eigenvalue weighted by Gasteiger charge is -2.06. The van der Waals surface area contributed by atoms with Crippen LogP contribution in [-0.2, 0) is 11.3 Å². The molecule has 0 spiro atoms. The Morgan fingerprint density at radius 2 is 2.10 bits per heavy atom. The van der Waals surface area contributed by atoms with E-state index in [9.17, 15) is 0 Å². The van der Waals surface area contributed by atoms with Crippen molar-refractivity contribution in [2.75, 3.05) is 19.8 Å². The van der Waals surface area contributed by atoms with Crippen molar-refractivity contribution in [3.05, 3.63) is 36.2 Å². The van der Waals surface area contributed by atoms with Crippen molar-refractivity contribution < 1.29 is 9.15 Å². The van der Waals surface area contributed by atoms with Crippen LogP contribution in [-0.4, -0.2) is 30.0 Å². The number of nitrogens with one attached hydrogen (secondary N) is 1. The van der Waals surface area contributed by atoms with Crippen LogP contribution in [0.15, 0.2) is 34.7 Å². The molecule has 0 radical (unpaired) electrons. The molecule has 0 saturated carbocycles. The molecule has 0 amide bonds. The SMILES string of the molecule is c1ccc(-c2nnc(CNCCC3CCOC3)o2)cc1. The monoisotopic (exact) mass is 273 g/mol. The Bertz CT molecular complexity index is 521. The number of hydrogen-bond donors (Lipinski definition) is 1. The summed E-state index contributed by atoms with van der Waals surface area (Å²) in [5, 5.41) is 11.5. The highest BCUT2D eigenvalue weighted by Crippen LogP contribution is 2.17. The molecule has 1 fully saturated rings. The van der Waals surface area contributed by atoms with Crippen LogP contribution in [0.3, 0.4) is 0 Å². The first-order valence-electron chi connectivity index (χ1n) is 7.08. The smallest absolute Gasteiger partial charge is 0.247 e. The van der Waals surface area contributed by atoms with Crippen molar-refractivity contribution in [3.8, 4) is 11.5 Å². The molecule has 3 rings (SSSR count). The maximum atomic E-state index is 5.63. The van der Waals surface area contributed by atoms with Gasteiger partial charge < -0.3 is 14.5 Å². The molecule has 1 aliphatic rings. The van der Waals surface area contributed by atoms with E-state index in [0.717, 1.165) is 31.7 Å². The van der Waals surface area contributed by atoms with Crippen molar-refractivity contribution >= 4 is 0 Å². The van der Waals surface area contributed by atoms with E-state index in [1.165, 1.54) is 6.42 Å². The van der Waals surface area contributed by atoms with Gasteiger partial charge in [-0.15, -0.1) is 10.2 Å². The van der Waals surface area contributed by atoms with Crippen molar-refractivity contribution in [1.29, 1.82) is 0 Å². The van der Waals surface area contributed by atoms with E-state index in [2.05, 4.69) is 15.5 Å². The molecule has 2 aromatic rings. The topological polar surface area (TPSA) is 60.2 Å². The third-order valence-electron chi connectivity index (χ3n) is 3.52. The van der Waals surface area contributed by atoms with Gasteiger partial charge >= 0.3 is 0 Å². The summed E-state index contributed by atoms with van der Waals surface area (Å²) in [6.07, 6.45) is 2.32. The van der Waals surface area contributed by atoms with Gasteiger partial charge in [-0.2, -0.15) is 0 Å². The molecular weight excluding hydrogens is 254 g/mol. The number of rotatable bonds is 6. The lowest BCUT2D eigenvalue weighted by molar-refractivity contribution is 0.184. The van der Waals surface area contributed by atoms with E-state index >= 15 is 0 Å². The minimum atomic E-state index is 0.576. The van der Waals surface area contributed by atoms with Crippen LogP contribution < -0.4 is 5.32 Å². The van der Waals surface area contributed by atoms with Gasteiger partial charge in [0.1, 0.15) is 0 Å². The van der Waals surface area contributed by atoms with Crippen molar-refractivity contribution in [3.63, 3.8) is 0 Å². The highest BCUT2D eigenvalue weighted by Gasteiger charge is 2.15. The van der Waals surface area contributed by atoms with E-state index in [4.69, 9.17) is 9.15 Å². The fourth-order valence-electron chi connectivity index (χ4n) is 2.33. The average Bonchev–Trinajstić information content (AvgIpc) is 3.16. The molecule has 106 valence electrons. The molecule has 1 N–H and O–H groups in total. The summed E-state index contributed by atoms with van der Waals surface area (Å²) in [5.74, 6) is 1.91. The number of hydrogen-bond acceptors (Lipinski definition) is 5. The first-order chi connectivity index (χ1) is 9.92. The highest BCUT2D eigenvalue weighted by molar-refractivity contribution is 5.51. The van der Waals surface area contributed by atoms with Crippen LogP contribution in [0.2, 0.25) is 0 Å². The van der Waals surface area contributed by atoms with Gasteiger partial charge in [0.05, 0.1) is 6.54 Å². The minimum absolute atomic E-state index is 0.576. The van der Waals surface area contributed by atoms with Crippen molar-refractivity contribution in [2.45, 2.75) is 19.4 Å². The zero-order valence-corrected chi connectivity index (χ0v) is 11.4. The molecule has 0 bridgehead atoms. The molecule has 1 aliphatic heterocycles. The summed E-state index contributed by atoms with van der Waals surface area (Å²) in [6.45, 7) is 3.39. The quantitative estimate of drug-likeness (QED) is 0.818. The maximum Gasteiger partial charge on any atom is 0.247 e. The van der Waals surface area contributed by atoms with Crippen LogP contribution in [0, 0.1) is 5.92 Å². The number of nitrogens with zero attached hydrogens (tertiary/aromatic N) is 2. The third-order valence-corrected chi connectivity index (χ3v) is 3.52. The van der Waals surface area contributed by atoms with Gasteiger partial charge in [-0.1, -0.05) is 18.2 Å². The maximum absolute atomic E-state index is 5.63. The van der Waals surface area contributed by atoms with E-state index < -0.39 is 0 Å². The predicted octanol–water partition coefficient (Wildman–Crippen LogP) is 2.25. The summed E-state index contributed by atoms with van der Waals surface area (Å²) in [5.41, 5.74) is 0.953. The Labute approximate surface area is 118 Å². The van der Waals surface area contributed by atoms with Gasteiger partial charge in [0.2, 0.25) is 11.8 Å². The van der Waals surface area contributed by atoms with Gasteiger partial charge in [-0.25, -0.2) is 0 Å². The van der Waals surface area contributed by atoms with Crippen LogP contribution in [0.1, 0.15) is 18.7 Å². The molecule has 1 aromatic carbocycles. The predicted molar refractivity (Wildman–Crippen MR) is 75.0 cm³/mol. The molecule has 1 saturated heterocycles. The summed E-state index contributed by atoms with van der Waals surface area (Å²) in [7, 11) is 0. The van der Waals surface area contributed by atoms with Crippen LogP contribution in [0.5, 0.6) is 0 Å². The summed E-state index contributed by atoms with van der Waals surface area (Å²) >= 11 is 0. The van der Waals surface area contributed by atoms with Crippen molar-refractivity contribution in [2.24, 2.45) is 5.92 Å². The fraction of sp³-hybridized carbons (Fsp3) is 0.467. The molecule has 5 heteroatoms. The molecule has 1 atom stereocenters. The van der Waals surface area contributed by atoms with Crippen LogP contribution >= 0.6 is 0 Å². The average molecular weight is 273 g/mol. The number of ether oxygens (including phenoxy) is 1. The Balaban J connectivity index is 1.45. The molecule has 0 aliphatic carbocycles. The van der Waals surface area contributed by atoms with Gasteiger partial charge in [0.15, 0.2) is 0 Å². The molecular formula is C15H19N3O2. The second kappa shape index (κ2) is 6.63. The molecule has 2 heterocycles. The van der Waals surface area contributed by atoms with Crippen LogP contribution in [0.25, 0.3) is 11.5 Å². The first kappa shape index (κ1) is 13.3. The zero-order valence-electron chi connectivity index (χ0n) is 11.4. The Morgan fingerprint density at radius 1 is 1.20 bits per heavy atom. The molecule has 5 nitrogen and oxygen atoms in total. The summed E-state index contributed by atoms with van der Waals surface area (Å²) < 4.78 is 11.0. The second-order valence-corrected chi connectivity index (χ2v) is 5.06. The van der Waals surface area contributed by atoms with Gasteiger partial charge in [0.25, 0.3) is 0 Å². The van der Waals surface area contributed by atoms with Gasteiger partial charge in [0, 0.05) is 18.8 Å². The molecule has 1 unspecified atom stereocenters. The number of aromatic nitrogens is 2. The third kappa shape index (κ3) is 3.43. The molecule has 20 heavy (non-hydrogen) atoms. The van der Waals surface area contributed by atoms with Crippen LogP contribution in [0.4, 0.5) is 0 Å². The second-order valence-electron chi connectivity index (χ2n) is 5.06. The number of benzene rings is 1. The van der Waals surface area contributed by atoms with Crippen molar-refractivity contribution in [1.82, 2.24) is 15.5 Å². The van der Waals surface area contributed by atoms with E-state index in [1.807, 2.05) is 30.3 Å². The lowest BCUT2D eigenvalue weighted by Crippen LogP contribution is -2.18. The minimum Gasteiger partial charge on any atom is -0.419 e. The Kier molecular flexibility index (Phi) is 4.40. The first-order valence-corrected chi connectivity index (χ1v) is 7.08. The van der Waals surface area contributed by atoms with E-state index in [1.54, 1.807) is 0 Å². The van der Waals surface area contributed by atoms with Gasteiger partial charge in [-0.3, -0.25) is 0 Å².